The Labute approximate surface area is 134 Å². The van der Waals surface area contributed by atoms with Crippen LogP contribution in [-0.4, -0.2) is 44.4 Å². The highest BCUT2D eigenvalue weighted by molar-refractivity contribution is 8.00. The molecule has 7 heteroatoms. The summed E-state index contributed by atoms with van der Waals surface area (Å²) in [6.07, 6.45) is 5.16. The molecule has 0 radical (unpaired) electrons. The molecule has 0 spiro atoms. The first-order chi connectivity index (χ1) is 10.6. The third-order valence-corrected chi connectivity index (χ3v) is 5.15. The standard InChI is InChI=1S/C15H21N5OS/c1-10(14(21)19(2)9-3-8-16)22-15-18-17-13(11-4-5-11)20(15)12-6-7-12/h10-12H,3-7,9H2,1-2H3/t10-/m1/s1. The Balaban J connectivity index is 1.67. The highest BCUT2D eigenvalue weighted by Gasteiger charge is 2.37. The summed E-state index contributed by atoms with van der Waals surface area (Å²) in [5.41, 5.74) is 0. The molecular weight excluding hydrogens is 298 g/mol. The molecule has 0 aliphatic heterocycles. The maximum atomic E-state index is 12.3. The molecule has 0 saturated heterocycles. The summed E-state index contributed by atoms with van der Waals surface area (Å²) in [6.45, 7) is 2.38. The molecule has 1 atom stereocenters. The number of thioether (sulfide) groups is 1. The fourth-order valence-corrected chi connectivity index (χ4v) is 3.55. The van der Waals surface area contributed by atoms with Crippen LogP contribution in [0.3, 0.4) is 0 Å². The summed E-state index contributed by atoms with van der Waals surface area (Å²) in [4.78, 5) is 14.0. The van der Waals surface area contributed by atoms with Crippen molar-refractivity contribution >= 4 is 17.7 Å². The maximum absolute atomic E-state index is 12.3. The summed E-state index contributed by atoms with van der Waals surface area (Å²) >= 11 is 1.49. The molecule has 1 aromatic rings. The SMILES string of the molecule is C[C@@H](Sc1nnc(C2CC2)n1C1CC1)C(=O)N(C)CCC#N. The third kappa shape index (κ3) is 3.27. The lowest BCUT2D eigenvalue weighted by Crippen LogP contribution is -2.34. The van der Waals surface area contributed by atoms with Gasteiger partial charge < -0.3 is 9.47 Å². The fraction of sp³-hybridized carbons (Fsp3) is 0.733. The predicted molar refractivity (Wildman–Crippen MR) is 83.5 cm³/mol. The molecule has 2 aliphatic rings. The van der Waals surface area contributed by atoms with Crippen LogP contribution in [0.1, 0.15) is 56.8 Å². The van der Waals surface area contributed by atoms with Crippen molar-refractivity contribution in [3.05, 3.63) is 5.82 Å². The minimum absolute atomic E-state index is 0.0403. The van der Waals surface area contributed by atoms with E-state index in [0.29, 0.717) is 24.9 Å². The number of carbonyl (C=O) groups is 1. The van der Waals surface area contributed by atoms with Gasteiger partial charge in [0.05, 0.1) is 17.7 Å². The zero-order valence-corrected chi connectivity index (χ0v) is 13.8. The number of nitrogens with zero attached hydrogens (tertiary/aromatic N) is 5. The highest BCUT2D eigenvalue weighted by Crippen LogP contribution is 2.46. The lowest BCUT2D eigenvalue weighted by Gasteiger charge is -2.20. The van der Waals surface area contributed by atoms with E-state index >= 15 is 0 Å². The normalized spacial score (nSPS) is 18.8. The molecular formula is C15H21N5OS. The van der Waals surface area contributed by atoms with Gasteiger partial charge in [-0.1, -0.05) is 11.8 Å². The van der Waals surface area contributed by atoms with Crippen molar-refractivity contribution in [1.82, 2.24) is 19.7 Å². The van der Waals surface area contributed by atoms with Crippen LogP contribution in [-0.2, 0) is 4.79 Å². The highest BCUT2D eigenvalue weighted by atomic mass is 32.2. The van der Waals surface area contributed by atoms with Gasteiger partial charge in [0.2, 0.25) is 5.91 Å². The smallest absolute Gasteiger partial charge is 0.235 e. The van der Waals surface area contributed by atoms with Crippen LogP contribution in [0.2, 0.25) is 0 Å². The molecule has 0 aromatic carbocycles. The molecule has 2 fully saturated rings. The lowest BCUT2D eigenvalue weighted by atomic mass is 10.3. The van der Waals surface area contributed by atoms with Gasteiger partial charge in [-0.3, -0.25) is 4.79 Å². The fourth-order valence-electron chi connectivity index (χ4n) is 2.51. The van der Waals surface area contributed by atoms with E-state index in [2.05, 4.69) is 20.8 Å². The number of hydrogen-bond acceptors (Lipinski definition) is 5. The largest absolute Gasteiger partial charge is 0.344 e. The van der Waals surface area contributed by atoms with Crippen molar-refractivity contribution in [1.29, 1.82) is 5.26 Å². The second-order valence-electron chi connectivity index (χ2n) is 6.14. The Morgan fingerprint density at radius 1 is 1.45 bits per heavy atom. The number of carbonyl (C=O) groups excluding carboxylic acids is 1. The van der Waals surface area contributed by atoms with Gasteiger partial charge in [-0.05, 0) is 32.6 Å². The molecule has 1 amide bonds. The first kappa shape index (κ1) is 15.3. The van der Waals surface area contributed by atoms with Crippen LogP contribution < -0.4 is 0 Å². The van der Waals surface area contributed by atoms with E-state index in [1.807, 2.05) is 6.92 Å². The van der Waals surface area contributed by atoms with Crippen molar-refractivity contribution in [2.45, 2.75) is 61.4 Å². The molecule has 0 N–H and O–H groups in total. The Morgan fingerprint density at radius 2 is 2.18 bits per heavy atom. The molecule has 2 saturated carbocycles. The van der Waals surface area contributed by atoms with E-state index in [1.54, 1.807) is 11.9 Å². The predicted octanol–water partition coefficient (Wildman–Crippen LogP) is 2.34. The van der Waals surface area contributed by atoms with Gasteiger partial charge >= 0.3 is 0 Å². The van der Waals surface area contributed by atoms with Crippen LogP contribution in [0, 0.1) is 11.3 Å². The Bertz CT molecular complexity index is 600. The molecule has 6 nitrogen and oxygen atoms in total. The molecule has 2 aliphatic carbocycles. The van der Waals surface area contributed by atoms with Crippen molar-refractivity contribution in [2.24, 2.45) is 0 Å². The average molecular weight is 319 g/mol. The maximum Gasteiger partial charge on any atom is 0.235 e. The van der Waals surface area contributed by atoms with Gasteiger partial charge in [0.1, 0.15) is 5.82 Å². The average Bonchev–Trinajstić information content (AvgIpc) is 3.42. The van der Waals surface area contributed by atoms with E-state index in [-0.39, 0.29) is 11.2 Å². The number of hydrogen-bond donors (Lipinski definition) is 0. The van der Waals surface area contributed by atoms with Crippen LogP contribution in [0.15, 0.2) is 5.16 Å². The number of rotatable bonds is 7. The second kappa shape index (κ2) is 6.29. The monoisotopic (exact) mass is 319 g/mol. The Kier molecular flexibility index (Phi) is 4.39. The van der Waals surface area contributed by atoms with Gasteiger partial charge in [0.25, 0.3) is 0 Å². The quantitative estimate of drug-likeness (QED) is 0.721. The molecule has 1 heterocycles. The van der Waals surface area contributed by atoms with Gasteiger partial charge in [-0.2, -0.15) is 5.26 Å². The van der Waals surface area contributed by atoms with Crippen molar-refractivity contribution in [3.8, 4) is 6.07 Å². The molecule has 118 valence electrons. The van der Waals surface area contributed by atoms with Gasteiger partial charge in [0, 0.05) is 25.6 Å². The molecule has 1 aromatic heterocycles. The van der Waals surface area contributed by atoms with Gasteiger partial charge in [-0.25, -0.2) is 0 Å². The van der Waals surface area contributed by atoms with E-state index in [4.69, 9.17) is 5.26 Å². The van der Waals surface area contributed by atoms with E-state index in [0.717, 1.165) is 11.0 Å². The van der Waals surface area contributed by atoms with Crippen molar-refractivity contribution < 1.29 is 4.79 Å². The Hall–Kier alpha value is -1.55. The van der Waals surface area contributed by atoms with E-state index < -0.39 is 0 Å². The van der Waals surface area contributed by atoms with Gasteiger partial charge in [-0.15, -0.1) is 10.2 Å². The number of amides is 1. The summed E-state index contributed by atoms with van der Waals surface area (Å²) in [5.74, 6) is 1.73. The summed E-state index contributed by atoms with van der Waals surface area (Å²) < 4.78 is 2.27. The minimum Gasteiger partial charge on any atom is -0.344 e. The summed E-state index contributed by atoms with van der Waals surface area (Å²) in [6, 6.07) is 2.60. The zero-order chi connectivity index (χ0) is 15.7. The van der Waals surface area contributed by atoms with Crippen molar-refractivity contribution in [3.63, 3.8) is 0 Å². The van der Waals surface area contributed by atoms with Crippen molar-refractivity contribution in [2.75, 3.05) is 13.6 Å². The molecule has 0 unspecified atom stereocenters. The first-order valence-electron chi connectivity index (χ1n) is 7.85. The van der Waals surface area contributed by atoms with E-state index in [9.17, 15) is 4.79 Å². The first-order valence-corrected chi connectivity index (χ1v) is 8.73. The Morgan fingerprint density at radius 3 is 2.77 bits per heavy atom. The zero-order valence-electron chi connectivity index (χ0n) is 13.0. The summed E-state index contributed by atoms with van der Waals surface area (Å²) in [7, 11) is 1.75. The second-order valence-corrected chi connectivity index (χ2v) is 7.45. The van der Waals surface area contributed by atoms with Crippen LogP contribution in [0.5, 0.6) is 0 Å². The topological polar surface area (TPSA) is 74.8 Å². The van der Waals surface area contributed by atoms with Crippen LogP contribution in [0.4, 0.5) is 0 Å². The van der Waals surface area contributed by atoms with Gasteiger partial charge in [0.15, 0.2) is 5.16 Å². The number of aromatic nitrogens is 3. The number of nitriles is 1. The minimum atomic E-state index is -0.211. The molecule has 3 rings (SSSR count). The van der Waals surface area contributed by atoms with Crippen LogP contribution in [0.25, 0.3) is 0 Å². The van der Waals surface area contributed by atoms with E-state index in [1.165, 1.54) is 37.4 Å². The third-order valence-electron chi connectivity index (χ3n) is 4.11. The van der Waals surface area contributed by atoms with Crippen LogP contribution >= 0.6 is 11.8 Å². The lowest BCUT2D eigenvalue weighted by molar-refractivity contribution is -0.128. The molecule has 22 heavy (non-hydrogen) atoms. The summed E-state index contributed by atoms with van der Waals surface area (Å²) in [5, 5.41) is 18.0. The molecule has 0 bridgehead atoms.